The topological polar surface area (TPSA) is 29.5 Å². The van der Waals surface area contributed by atoms with E-state index < -0.39 is 17.9 Å². The van der Waals surface area contributed by atoms with E-state index in [-0.39, 0.29) is 12.6 Å². The molecule has 1 heterocycles. The number of alkyl halides is 1. The molecule has 0 saturated carbocycles. The van der Waals surface area contributed by atoms with Gasteiger partial charge in [-0.2, -0.15) is 0 Å². The van der Waals surface area contributed by atoms with Crippen LogP contribution in [0.4, 0.5) is 9.18 Å². The van der Waals surface area contributed by atoms with Crippen molar-refractivity contribution in [1.29, 1.82) is 0 Å². The maximum absolute atomic E-state index is 13.0. The number of amides is 1. The van der Waals surface area contributed by atoms with Gasteiger partial charge in [-0.05, 0) is 27.7 Å². The predicted molar refractivity (Wildman–Crippen MR) is 51.9 cm³/mol. The van der Waals surface area contributed by atoms with Crippen molar-refractivity contribution in [2.45, 2.75) is 51.9 Å². The van der Waals surface area contributed by atoms with E-state index in [1.165, 1.54) is 4.90 Å². The molecule has 0 N–H and O–H groups in total. The molecule has 0 unspecified atom stereocenters. The minimum Gasteiger partial charge on any atom is -0.444 e. The Balaban J connectivity index is 2.53. The van der Waals surface area contributed by atoms with Crippen LogP contribution < -0.4 is 0 Å². The molecule has 14 heavy (non-hydrogen) atoms. The van der Waals surface area contributed by atoms with Crippen molar-refractivity contribution in [2.24, 2.45) is 0 Å². The Morgan fingerprint density at radius 3 is 2.43 bits per heavy atom. The molecular weight excluding hydrogens is 185 g/mol. The van der Waals surface area contributed by atoms with Crippen LogP contribution in [0.3, 0.4) is 0 Å². The van der Waals surface area contributed by atoms with E-state index in [4.69, 9.17) is 4.74 Å². The molecule has 0 radical (unpaired) electrons. The number of carbonyl (C=O) groups is 1. The lowest BCUT2D eigenvalue weighted by atomic mass is 10.2. The van der Waals surface area contributed by atoms with Gasteiger partial charge in [0.25, 0.3) is 0 Å². The van der Waals surface area contributed by atoms with Gasteiger partial charge in [0.15, 0.2) is 0 Å². The first-order chi connectivity index (χ1) is 6.29. The number of ether oxygens (including phenoxy) is 1. The fourth-order valence-electron chi connectivity index (χ4n) is 1.54. The number of rotatable bonds is 0. The number of hydrogen-bond donors (Lipinski definition) is 0. The van der Waals surface area contributed by atoms with Crippen LogP contribution in [0.25, 0.3) is 0 Å². The molecule has 1 saturated heterocycles. The lowest BCUT2D eigenvalue weighted by Gasteiger charge is -2.26. The van der Waals surface area contributed by atoms with Crippen LogP contribution in [-0.2, 0) is 4.74 Å². The second kappa shape index (κ2) is 3.75. The smallest absolute Gasteiger partial charge is 0.410 e. The lowest BCUT2D eigenvalue weighted by Crippen LogP contribution is -2.38. The zero-order valence-corrected chi connectivity index (χ0v) is 9.21. The van der Waals surface area contributed by atoms with Gasteiger partial charge in [0.05, 0.1) is 6.54 Å². The standard InChI is InChI=1S/C10H18FNO2/c1-7-5-8(11)6-12(7)9(13)14-10(2,3)4/h7-8H,5-6H2,1-4H3/t7-,8-/m0/s1. The van der Waals surface area contributed by atoms with Crippen molar-refractivity contribution in [3.8, 4) is 0 Å². The average Bonchev–Trinajstić information content (AvgIpc) is 2.26. The first kappa shape index (κ1) is 11.3. The third kappa shape index (κ3) is 2.86. The van der Waals surface area contributed by atoms with Crippen molar-refractivity contribution in [2.75, 3.05) is 6.54 Å². The molecule has 82 valence electrons. The molecule has 0 aromatic rings. The first-order valence-electron chi connectivity index (χ1n) is 4.93. The molecular formula is C10H18FNO2. The van der Waals surface area contributed by atoms with Crippen LogP contribution in [0.2, 0.25) is 0 Å². The average molecular weight is 203 g/mol. The van der Waals surface area contributed by atoms with E-state index in [0.29, 0.717) is 6.42 Å². The summed E-state index contributed by atoms with van der Waals surface area (Å²) in [5.41, 5.74) is -0.509. The van der Waals surface area contributed by atoms with Gasteiger partial charge in [0, 0.05) is 12.5 Å². The van der Waals surface area contributed by atoms with Crippen LogP contribution >= 0.6 is 0 Å². The second-order valence-electron chi connectivity index (χ2n) is 4.81. The van der Waals surface area contributed by atoms with Crippen molar-refractivity contribution in [3.63, 3.8) is 0 Å². The lowest BCUT2D eigenvalue weighted by molar-refractivity contribution is 0.0230. The zero-order chi connectivity index (χ0) is 10.9. The summed E-state index contributed by atoms with van der Waals surface area (Å²) in [6.45, 7) is 7.41. The summed E-state index contributed by atoms with van der Waals surface area (Å²) in [7, 11) is 0. The zero-order valence-electron chi connectivity index (χ0n) is 9.21. The van der Waals surface area contributed by atoms with Gasteiger partial charge in [-0.25, -0.2) is 9.18 Å². The summed E-state index contributed by atoms with van der Waals surface area (Å²) in [4.78, 5) is 13.0. The van der Waals surface area contributed by atoms with E-state index >= 15 is 0 Å². The highest BCUT2D eigenvalue weighted by molar-refractivity contribution is 5.69. The van der Waals surface area contributed by atoms with Crippen LogP contribution in [0.1, 0.15) is 34.1 Å². The largest absolute Gasteiger partial charge is 0.444 e. The highest BCUT2D eigenvalue weighted by Crippen LogP contribution is 2.22. The summed E-state index contributed by atoms with van der Waals surface area (Å²) in [6.07, 6.45) is -0.901. The van der Waals surface area contributed by atoms with E-state index in [2.05, 4.69) is 0 Å². The van der Waals surface area contributed by atoms with Crippen LogP contribution in [0.5, 0.6) is 0 Å². The van der Waals surface area contributed by atoms with Crippen LogP contribution in [-0.4, -0.2) is 35.4 Å². The van der Waals surface area contributed by atoms with Gasteiger partial charge >= 0.3 is 6.09 Å². The number of likely N-dealkylation sites (tertiary alicyclic amines) is 1. The summed E-state index contributed by atoms with van der Waals surface area (Å²) in [6, 6.07) is -0.0557. The summed E-state index contributed by atoms with van der Waals surface area (Å²) < 4.78 is 18.1. The van der Waals surface area contributed by atoms with Gasteiger partial charge in [-0.15, -0.1) is 0 Å². The SMILES string of the molecule is C[C@H]1C[C@H](F)CN1C(=O)OC(C)(C)C. The number of nitrogens with zero attached hydrogens (tertiary/aromatic N) is 1. The van der Waals surface area contributed by atoms with E-state index in [0.717, 1.165) is 0 Å². The summed E-state index contributed by atoms with van der Waals surface area (Å²) in [5, 5.41) is 0. The molecule has 0 aromatic carbocycles. The fraction of sp³-hybridized carbons (Fsp3) is 0.900. The molecule has 0 aromatic heterocycles. The van der Waals surface area contributed by atoms with Crippen LogP contribution in [0.15, 0.2) is 0 Å². The monoisotopic (exact) mass is 203 g/mol. The van der Waals surface area contributed by atoms with Crippen molar-refractivity contribution in [3.05, 3.63) is 0 Å². The van der Waals surface area contributed by atoms with Crippen LogP contribution in [0, 0.1) is 0 Å². The highest BCUT2D eigenvalue weighted by atomic mass is 19.1. The minimum absolute atomic E-state index is 0.0557. The Kier molecular flexibility index (Phi) is 3.02. The molecule has 1 rings (SSSR count). The maximum atomic E-state index is 13.0. The molecule has 1 amide bonds. The number of hydrogen-bond acceptors (Lipinski definition) is 2. The van der Waals surface area contributed by atoms with Gasteiger partial charge in [-0.1, -0.05) is 0 Å². The molecule has 1 aliphatic rings. The Bertz CT molecular complexity index is 225. The van der Waals surface area contributed by atoms with Crippen molar-refractivity contribution < 1.29 is 13.9 Å². The first-order valence-corrected chi connectivity index (χ1v) is 4.93. The van der Waals surface area contributed by atoms with Gasteiger partial charge < -0.3 is 9.64 Å². The van der Waals surface area contributed by atoms with Gasteiger partial charge in [-0.3, -0.25) is 0 Å². The number of halogens is 1. The molecule has 3 nitrogen and oxygen atoms in total. The molecule has 4 heteroatoms. The van der Waals surface area contributed by atoms with Crippen molar-refractivity contribution >= 4 is 6.09 Å². The van der Waals surface area contributed by atoms with Gasteiger partial charge in [0.2, 0.25) is 0 Å². The molecule has 0 spiro atoms. The number of carbonyl (C=O) groups excluding carboxylic acids is 1. The molecule has 0 bridgehead atoms. The minimum atomic E-state index is -0.905. The highest BCUT2D eigenvalue weighted by Gasteiger charge is 2.34. The Morgan fingerprint density at radius 2 is 2.07 bits per heavy atom. The van der Waals surface area contributed by atoms with E-state index in [1.807, 2.05) is 6.92 Å². The maximum Gasteiger partial charge on any atom is 0.410 e. The van der Waals surface area contributed by atoms with E-state index in [1.54, 1.807) is 20.8 Å². The fourth-order valence-corrected chi connectivity index (χ4v) is 1.54. The molecule has 1 aliphatic heterocycles. The summed E-state index contributed by atoms with van der Waals surface area (Å²) >= 11 is 0. The third-order valence-corrected chi connectivity index (χ3v) is 2.15. The summed E-state index contributed by atoms with van der Waals surface area (Å²) in [5.74, 6) is 0. The Morgan fingerprint density at radius 1 is 1.50 bits per heavy atom. The normalized spacial score (nSPS) is 27.9. The Labute approximate surface area is 84.2 Å². The molecule has 1 fully saturated rings. The second-order valence-corrected chi connectivity index (χ2v) is 4.81. The molecule has 0 aliphatic carbocycles. The quantitative estimate of drug-likeness (QED) is 0.604. The van der Waals surface area contributed by atoms with E-state index in [9.17, 15) is 9.18 Å². The van der Waals surface area contributed by atoms with Crippen molar-refractivity contribution in [1.82, 2.24) is 4.90 Å². The molecule has 2 atom stereocenters. The predicted octanol–water partition coefficient (Wildman–Crippen LogP) is 2.35. The Hall–Kier alpha value is -0.800. The third-order valence-electron chi connectivity index (χ3n) is 2.15. The van der Waals surface area contributed by atoms with Gasteiger partial charge in [0.1, 0.15) is 11.8 Å².